The lowest BCUT2D eigenvalue weighted by molar-refractivity contribution is -0.326. The minimum absolute atomic E-state index is 0.159. The molecule has 0 aliphatic rings. The summed E-state index contributed by atoms with van der Waals surface area (Å²) in [6.45, 7) is 4.00. The normalized spacial score (nSPS) is 15.7. The van der Waals surface area contributed by atoms with Gasteiger partial charge in [-0.3, -0.25) is 4.99 Å². The molecule has 1 nitrogen and oxygen atoms in total. The van der Waals surface area contributed by atoms with E-state index in [1.807, 2.05) is 0 Å². The van der Waals surface area contributed by atoms with Crippen LogP contribution in [0, 0.1) is 0 Å². The van der Waals surface area contributed by atoms with Crippen molar-refractivity contribution in [3.05, 3.63) is 11.3 Å². The minimum Gasteiger partial charge on any atom is -0.262 e. The van der Waals surface area contributed by atoms with Gasteiger partial charge in [0.15, 0.2) is 0 Å². The van der Waals surface area contributed by atoms with Crippen LogP contribution in [0.3, 0.4) is 0 Å². The number of unbranched alkanes of at least 4 members (excludes halogenated alkanes) is 1. The molecule has 0 bridgehead atoms. The lowest BCUT2D eigenvalue weighted by Crippen LogP contribution is -2.54. The number of alkyl halides is 7. The average Bonchev–Trinajstić information content (AvgIpc) is 2.30. The van der Waals surface area contributed by atoms with E-state index in [9.17, 15) is 30.7 Å². The van der Waals surface area contributed by atoms with Crippen LogP contribution < -0.4 is 0 Å². The van der Waals surface area contributed by atoms with E-state index in [0.29, 0.717) is 6.42 Å². The van der Waals surface area contributed by atoms with Crippen molar-refractivity contribution >= 4 is 6.21 Å². The van der Waals surface area contributed by atoms with Crippen LogP contribution in [0.2, 0.25) is 0 Å². The van der Waals surface area contributed by atoms with Gasteiger partial charge in [-0.05, 0) is 25.3 Å². The fourth-order valence-electron chi connectivity index (χ4n) is 1.37. The van der Waals surface area contributed by atoms with Crippen molar-refractivity contribution in [2.24, 2.45) is 4.99 Å². The Morgan fingerprint density at radius 2 is 1.40 bits per heavy atom. The average molecular weight is 307 g/mol. The summed E-state index contributed by atoms with van der Waals surface area (Å²) in [7, 11) is 0. The number of allylic oxidation sites excluding steroid dienone is 2. The molecule has 0 saturated heterocycles. The summed E-state index contributed by atoms with van der Waals surface area (Å²) in [5.41, 5.74) is -7.47. The number of halogens is 7. The maximum Gasteiger partial charge on any atom is 0.437 e. The summed E-state index contributed by atoms with van der Waals surface area (Å²) in [6.07, 6.45) is -10.9. The predicted molar refractivity (Wildman–Crippen MR) is 62.3 cm³/mol. The van der Waals surface area contributed by atoms with E-state index in [0.717, 1.165) is 13.1 Å². The van der Waals surface area contributed by atoms with Gasteiger partial charge in [0, 0.05) is 6.21 Å². The fraction of sp³-hybridized carbons (Fsp3) is 0.750. The first kappa shape index (κ1) is 18.9. The minimum atomic E-state index is -6.12. The van der Waals surface area contributed by atoms with E-state index in [1.165, 1.54) is 6.92 Å². The highest BCUT2D eigenvalue weighted by molar-refractivity contribution is 5.60. The van der Waals surface area contributed by atoms with Crippen molar-refractivity contribution in [3.63, 3.8) is 0 Å². The van der Waals surface area contributed by atoms with Crippen molar-refractivity contribution in [1.29, 1.82) is 0 Å². The zero-order chi connectivity index (χ0) is 16.2. The molecule has 0 aliphatic carbocycles. The quantitative estimate of drug-likeness (QED) is 0.478. The Morgan fingerprint density at radius 1 is 0.950 bits per heavy atom. The van der Waals surface area contributed by atoms with E-state index < -0.39 is 29.3 Å². The maximum absolute atomic E-state index is 13.9. The monoisotopic (exact) mass is 307 g/mol. The van der Waals surface area contributed by atoms with E-state index in [-0.39, 0.29) is 12.8 Å². The van der Waals surface area contributed by atoms with Crippen LogP contribution in [0.4, 0.5) is 30.7 Å². The van der Waals surface area contributed by atoms with Crippen LogP contribution in [0.1, 0.15) is 40.0 Å². The van der Waals surface area contributed by atoms with Crippen LogP contribution in [0.25, 0.3) is 0 Å². The summed E-state index contributed by atoms with van der Waals surface area (Å²) in [5.74, 6) is 0. The third kappa shape index (κ3) is 3.73. The standard InChI is InChI=1S/C12H16F7N/c1-4-6-7-20-9(8(3)5-2)10(13,11(14,15)16)12(17,18)19/h7H,4-6H2,1-3H3/b9-8+,20-7+. The first-order valence-corrected chi connectivity index (χ1v) is 5.98. The maximum atomic E-state index is 13.9. The molecular weight excluding hydrogens is 291 g/mol. The highest BCUT2D eigenvalue weighted by Gasteiger charge is 2.75. The van der Waals surface area contributed by atoms with Crippen molar-refractivity contribution in [2.75, 3.05) is 0 Å². The summed E-state index contributed by atoms with van der Waals surface area (Å²) in [4.78, 5) is 3.13. The first-order chi connectivity index (χ1) is 8.93. The molecule has 0 radical (unpaired) electrons. The van der Waals surface area contributed by atoms with Gasteiger partial charge in [0.25, 0.3) is 0 Å². The second-order valence-electron chi connectivity index (χ2n) is 4.24. The molecule has 0 aliphatic heterocycles. The van der Waals surface area contributed by atoms with E-state index in [1.54, 1.807) is 6.92 Å². The lowest BCUT2D eigenvalue weighted by atomic mass is 9.95. The molecule has 0 heterocycles. The number of rotatable bonds is 5. The summed E-state index contributed by atoms with van der Waals surface area (Å²) < 4.78 is 89.8. The van der Waals surface area contributed by atoms with Crippen LogP contribution in [0.5, 0.6) is 0 Å². The first-order valence-electron chi connectivity index (χ1n) is 5.98. The topological polar surface area (TPSA) is 12.4 Å². The third-order valence-electron chi connectivity index (χ3n) is 2.68. The molecule has 118 valence electrons. The zero-order valence-corrected chi connectivity index (χ0v) is 11.3. The molecule has 0 rings (SSSR count). The smallest absolute Gasteiger partial charge is 0.262 e. The van der Waals surface area contributed by atoms with E-state index in [4.69, 9.17) is 0 Å². The van der Waals surface area contributed by atoms with Gasteiger partial charge in [0.1, 0.15) is 0 Å². The SMILES string of the molecule is CCC/C=N/C(=C(\C)CC)C(F)(C(F)(F)F)C(F)(F)F. The highest BCUT2D eigenvalue weighted by atomic mass is 19.4. The Balaban J connectivity index is 6.08. The van der Waals surface area contributed by atoms with Crippen LogP contribution >= 0.6 is 0 Å². The Morgan fingerprint density at radius 3 is 1.70 bits per heavy atom. The molecule has 8 heteroatoms. The Labute approximate surface area is 112 Å². The van der Waals surface area contributed by atoms with Crippen molar-refractivity contribution in [3.8, 4) is 0 Å². The Hall–Kier alpha value is -1.08. The Kier molecular flexibility index (Phi) is 6.23. The van der Waals surface area contributed by atoms with Gasteiger partial charge >= 0.3 is 18.0 Å². The molecule has 0 atom stereocenters. The zero-order valence-electron chi connectivity index (χ0n) is 11.3. The van der Waals surface area contributed by atoms with Crippen LogP contribution in [-0.2, 0) is 0 Å². The van der Waals surface area contributed by atoms with Gasteiger partial charge in [-0.25, -0.2) is 4.39 Å². The number of hydrogen-bond donors (Lipinski definition) is 0. The summed E-state index contributed by atoms with van der Waals surface area (Å²) >= 11 is 0. The van der Waals surface area contributed by atoms with Crippen molar-refractivity contribution in [1.82, 2.24) is 0 Å². The number of hydrogen-bond acceptors (Lipinski definition) is 1. The molecule has 0 aromatic carbocycles. The molecule has 0 fully saturated rings. The van der Waals surface area contributed by atoms with Gasteiger partial charge in [-0.1, -0.05) is 20.3 Å². The molecule has 0 saturated carbocycles. The lowest BCUT2D eigenvalue weighted by Gasteiger charge is -2.31. The largest absolute Gasteiger partial charge is 0.437 e. The third-order valence-corrected chi connectivity index (χ3v) is 2.68. The highest BCUT2D eigenvalue weighted by Crippen LogP contribution is 2.51. The molecule has 0 aromatic heterocycles. The fourth-order valence-corrected chi connectivity index (χ4v) is 1.37. The molecule has 0 unspecified atom stereocenters. The van der Waals surface area contributed by atoms with Gasteiger partial charge < -0.3 is 0 Å². The predicted octanol–water partition coefficient (Wildman–Crippen LogP) is 5.37. The van der Waals surface area contributed by atoms with Crippen molar-refractivity contribution in [2.45, 2.75) is 58.1 Å². The van der Waals surface area contributed by atoms with Gasteiger partial charge in [0.2, 0.25) is 0 Å². The van der Waals surface area contributed by atoms with Crippen LogP contribution in [-0.4, -0.2) is 24.2 Å². The molecule has 0 aromatic rings. The second-order valence-corrected chi connectivity index (χ2v) is 4.24. The molecule has 0 N–H and O–H groups in total. The summed E-state index contributed by atoms with van der Waals surface area (Å²) in [5, 5.41) is 0. The van der Waals surface area contributed by atoms with Gasteiger partial charge in [-0.2, -0.15) is 26.3 Å². The van der Waals surface area contributed by atoms with E-state index in [2.05, 4.69) is 4.99 Å². The van der Waals surface area contributed by atoms with Gasteiger partial charge in [-0.15, -0.1) is 0 Å². The van der Waals surface area contributed by atoms with Crippen LogP contribution in [0.15, 0.2) is 16.3 Å². The molecule has 0 spiro atoms. The van der Waals surface area contributed by atoms with Crippen molar-refractivity contribution < 1.29 is 30.7 Å². The summed E-state index contributed by atoms with van der Waals surface area (Å²) in [6, 6.07) is 0. The number of aliphatic imine (C=N–C) groups is 1. The Bertz CT molecular complexity index is 362. The van der Waals surface area contributed by atoms with Gasteiger partial charge in [0.05, 0.1) is 5.70 Å². The molecule has 20 heavy (non-hydrogen) atoms. The van der Waals surface area contributed by atoms with E-state index >= 15 is 0 Å². The molecule has 0 amide bonds. The second kappa shape index (κ2) is 6.58. The molecular formula is C12H16F7N. The number of nitrogens with zero attached hydrogens (tertiary/aromatic N) is 1.